The minimum atomic E-state index is -0.465. The van der Waals surface area contributed by atoms with Crippen LogP contribution in [-0.2, 0) is 11.3 Å². The van der Waals surface area contributed by atoms with Crippen LogP contribution in [0.2, 0.25) is 0 Å². The van der Waals surface area contributed by atoms with Crippen LogP contribution in [0.3, 0.4) is 0 Å². The molecule has 2 rings (SSSR count). The van der Waals surface area contributed by atoms with Gasteiger partial charge < -0.3 is 5.73 Å². The summed E-state index contributed by atoms with van der Waals surface area (Å²) in [5.74, 6) is -0.366. The van der Waals surface area contributed by atoms with Crippen molar-refractivity contribution in [2.24, 2.45) is 5.73 Å². The van der Waals surface area contributed by atoms with Crippen LogP contribution in [0, 0.1) is 0 Å². The van der Waals surface area contributed by atoms with Crippen LogP contribution < -0.4 is 5.73 Å². The average Bonchev–Trinajstić information content (AvgIpc) is 2.39. The molecular formula is C15H16BrN3O. The third-order valence-corrected chi connectivity index (χ3v) is 3.52. The van der Waals surface area contributed by atoms with E-state index < -0.39 is 6.04 Å². The van der Waals surface area contributed by atoms with Gasteiger partial charge in [-0.25, -0.2) is 0 Å². The molecule has 2 N–H and O–H groups in total. The van der Waals surface area contributed by atoms with Gasteiger partial charge in [-0.1, -0.05) is 34.1 Å². The fourth-order valence-electron chi connectivity index (χ4n) is 2.18. The highest BCUT2D eigenvalue weighted by Crippen LogP contribution is 2.23. The first kappa shape index (κ1) is 14.7. The first-order valence-corrected chi connectivity index (χ1v) is 7.01. The third kappa shape index (κ3) is 3.65. The predicted molar refractivity (Wildman–Crippen MR) is 81.8 cm³/mol. The van der Waals surface area contributed by atoms with Crippen molar-refractivity contribution in [2.75, 3.05) is 7.05 Å². The van der Waals surface area contributed by atoms with Gasteiger partial charge in [-0.3, -0.25) is 14.7 Å². The molecule has 0 spiro atoms. The molecule has 0 saturated carbocycles. The Morgan fingerprint density at radius 3 is 2.80 bits per heavy atom. The Labute approximate surface area is 126 Å². The number of likely N-dealkylation sites (N-methyl/N-ethyl adjacent to an activating group) is 1. The van der Waals surface area contributed by atoms with Crippen molar-refractivity contribution in [3.63, 3.8) is 0 Å². The van der Waals surface area contributed by atoms with E-state index in [1.165, 1.54) is 0 Å². The topological polar surface area (TPSA) is 59.2 Å². The number of rotatable bonds is 5. The molecule has 0 bridgehead atoms. The molecule has 5 heteroatoms. The Morgan fingerprint density at radius 2 is 2.20 bits per heavy atom. The van der Waals surface area contributed by atoms with Crippen LogP contribution in [0.1, 0.15) is 17.2 Å². The van der Waals surface area contributed by atoms with Gasteiger partial charge in [-0.15, -0.1) is 0 Å². The molecule has 0 fully saturated rings. The van der Waals surface area contributed by atoms with Gasteiger partial charge in [0.1, 0.15) is 6.04 Å². The number of nitrogens with two attached hydrogens (primary N) is 1. The summed E-state index contributed by atoms with van der Waals surface area (Å²) in [7, 11) is 1.88. The molecule has 0 unspecified atom stereocenters. The Bertz CT molecular complexity index is 589. The number of pyridine rings is 1. The lowest BCUT2D eigenvalue weighted by atomic mass is 10.0. The Morgan fingerprint density at radius 1 is 1.40 bits per heavy atom. The molecule has 0 saturated heterocycles. The van der Waals surface area contributed by atoms with E-state index in [9.17, 15) is 4.79 Å². The second-order valence-electron chi connectivity index (χ2n) is 4.64. The summed E-state index contributed by atoms with van der Waals surface area (Å²) in [6.45, 7) is 0.605. The molecule has 1 heterocycles. The molecule has 1 aromatic heterocycles. The minimum Gasteiger partial charge on any atom is -0.368 e. The molecule has 104 valence electrons. The van der Waals surface area contributed by atoms with Crippen molar-refractivity contribution in [1.29, 1.82) is 0 Å². The van der Waals surface area contributed by atoms with E-state index in [-0.39, 0.29) is 5.91 Å². The molecule has 1 amide bonds. The summed E-state index contributed by atoms with van der Waals surface area (Å²) in [6, 6.07) is 11.0. The molecule has 0 radical (unpaired) electrons. The van der Waals surface area contributed by atoms with Gasteiger partial charge in [0, 0.05) is 23.4 Å². The summed E-state index contributed by atoms with van der Waals surface area (Å²) in [5, 5.41) is 0. The van der Waals surface area contributed by atoms with Gasteiger partial charge in [-0.05, 0) is 36.4 Å². The maximum Gasteiger partial charge on any atom is 0.239 e. The van der Waals surface area contributed by atoms with E-state index in [1.54, 1.807) is 12.4 Å². The third-order valence-electron chi connectivity index (χ3n) is 3.03. The number of carbonyl (C=O) groups excluding carboxylic acids is 1. The van der Waals surface area contributed by atoms with Crippen LogP contribution in [0.5, 0.6) is 0 Å². The lowest BCUT2D eigenvalue weighted by Gasteiger charge is -2.26. The average molecular weight is 334 g/mol. The lowest BCUT2D eigenvalue weighted by Crippen LogP contribution is -2.35. The second-order valence-corrected chi connectivity index (χ2v) is 5.55. The van der Waals surface area contributed by atoms with Crippen molar-refractivity contribution >= 4 is 21.8 Å². The van der Waals surface area contributed by atoms with Gasteiger partial charge in [0.05, 0.1) is 0 Å². The molecule has 20 heavy (non-hydrogen) atoms. The first-order valence-electron chi connectivity index (χ1n) is 6.22. The van der Waals surface area contributed by atoms with Gasteiger partial charge in [0.15, 0.2) is 0 Å². The number of nitrogens with zero attached hydrogens (tertiary/aromatic N) is 2. The van der Waals surface area contributed by atoms with Crippen LogP contribution in [-0.4, -0.2) is 22.8 Å². The number of carbonyl (C=O) groups is 1. The fourth-order valence-corrected chi connectivity index (χ4v) is 2.60. The zero-order chi connectivity index (χ0) is 14.5. The van der Waals surface area contributed by atoms with E-state index in [0.717, 1.165) is 15.6 Å². The van der Waals surface area contributed by atoms with Crippen LogP contribution >= 0.6 is 15.9 Å². The highest BCUT2D eigenvalue weighted by atomic mass is 79.9. The number of aromatic nitrogens is 1. The largest absolute Gasteiger partial charge is 0.368 e. The van der Waals surface area contributed by atoms with Gasteiger partial charge in [-0.2, -0.15) is 0 Å². The normalized spacial score (nSPS) is 12.3. The van der Waals surface area contributed by atoms with E-state index in [2.05, 4.69) is 20.9 Å². The smallest absolute Gasteiger partial charge is 0.239 e. The molecular weight excluding hydrogens is 318 g/mol. The predicted octanol–water partition coefficient (Wildman–Crippen LogP) is 2.50. The molecule has 1 aromatic carbocycles. The Kier molecular flexibility index (Phi) is 4.87. The van der Waals surface area contributed by atoms with Crippen LogP contribution in [0.4, 0.5) is 0 Å². The zero-order valence-electron chi connectivity index (χ0n) is 11.2. The number of hydrogen-bond acceptors (Lipinski definition) is 3. The molecule has 0 aliphatic rings. The van der Waals surface area contributed by atoms with E-state index in [1.807, 2.05) is 48.3 Å². The standard InChI is InChI=1S/C15H16BrN3O/c1-19(10-11-4-3-7-18-9-11)14(15(17)20)12-5-2-6-13(16)8-12/h2-9,14H,10H2,1H3,(H2,17,20)/t14-/m1/s1. The number of primary amides is 1. The number of hydrogen-bond donors (Lipinski definition) is 1. The first-order chi connectivity index (χ1) is 9.58. The molecule has 2 aromatic rings. The zero-order valence-corrected chi connectivity index (χ0v) is 12.7. The van der Waals surface area contributed by atoms with Gasteiger partial charge in [0.25, 0.3) is 0 Å². The van der Waals surface area contributed by atoms with Crippen molar-refractivity contribution in [3.8, 4) is 0 Å². The summed E-state index contributed by atoms with van der Waals surface area (Å²) >= 11 is 3.41. The van der Waals surface area contributed by atoms with E-state index in [4.69, 9.17) is 5.73 Å². The fraction of sp³-hybridized carbons (Fsp3) is 0.200. The SMILES string of the molecule is CN(Cc1cccnc1)[C@@H](C(N)=O)c1cccc(Br)c1. The van der Waals surface area contributed by atoms with Crippen molar-refractivity contribution in [2.45, 2.75) is 12.6 Å². The van der Waals surface area contributed by atoms with Crippen molar-refractivity contribution in [3.05, 3.63) is 64.4 Å². The maximum absolute atomic E-state index is 11.8. The number of halogens is 1. The van der Waals surface area contributed by atoms with Gasteiger partial charge >= 0.3 is 0 Å². The summed E-state index contributed by atoms with van der Waals surface area (Å²) in [6.07, 6.45) is 3.51. The van der Waals surface area contributed by atoms with Crippen LogP contribution in [0.15, 0.2) is 53.3 Å². The maximum atomic E-state index is 11.8. The molecule has 4 nitrogen and oxygen atoms in total. The minimum absolute atomic E-state index is 0.366. The number of amides is 1. The summed E-state index contributed by atoms with van der Waals surface area (Å²) < 4.78 is 0.927. The van der Waals surface area contributed by atoms with Crippen molar-refractivity contribution < 1.29 is 4.79 Å². The monoisotopic (exact) mass is 333 g/mol. The molecule has 0 aliphatic heterocycles. The van der Waals surface area contributed by atoms with Crippen molar-refractivity contribution in [1.82, 2.24) is 9.88 Å². The second kappa shape index (κ2) is 6.63. The van der Waals surface area contributed by atoms with E-state index in [0.29, 0.717) is 6.54 Å². The Balaban J connectivity index is 2.23. The lowest BCUT2D eigenvalue weighted by molar-refractivity contribution is -0.123. The van der Waals surface area contributed by atoms with Gasteiger partial charge in [0.2, 0.25) is 5.91 Å². The summed E-state index contributed by atoms with van der Waals surface area (Å²) in [5.41, 5.74) is 7.47. The number of benzene rings is 1. The van der Waals surface area contributed by atoms with E-state index >= 15 is 0 Å². The quantitative estimate of drug-likeness (QED) is 0.914. The molecule has 1 atom stereocenters. The van der Waals surface area contributed by atoms with Crippen LogP contribution in [0.25, 0.3) is 0 Å². The molecule has 0 aliphatic carbocycles. The highest BCUT2D eigenvalue weighted by Gasteiger charge is 2.23. The highest BCUT2D eigenvalue weighted by molar-refractivity contribution is 9.10. The Hall–Kier alpha value is -1.72. The summed E-state index contributed by atoms with van der Waals surface area (Å²) in [4.78, 5) is 17.8.